The molecule has 0 saturated carbocycles. The molecule has 5 nitrogen and oxygen atoms in total. The quantitative estimate of drug-likeness (QED) is 0.748. The Balaban J connectivity index is 2.09. The summed E-state index contributed by atoms with van der Waals surface area (Å²) in [6, 6.07) is 5.15. The number of thioether (sulfide) groups is 1. The number of amides is 1. The van der Waals surface area contributed by atoms with Gasteiger partial charge < -0.3 is 10.6 Å². The molecule has 0 spiro atoms. The van der Waals surface area contributed by atoms with Crippen molar-refractivity contribution in [1.82, 2.24) is 15.5 Å². The third-order valence-corrected chi connectivity index (χ3v) is 4.90. The van der Waals surface area contributed by atoms with Gasteiger partial charge in [0.1, 0.15) is 0 Å². The molecular formula is C14H15F3N4OS2. The van der Waals surface area contributed by atoms with Crippen molar-refractivity contribution in [1.29, 1.82) is 0 Å². The maximum atomic E-state index is 13.0. The Morgan fingerprint density at radius 1 is 1.33 bits per heavy atom. The third-order valence-electron chi connectivity index (χ3n) is 2.88. The van der Waals surface area contributed by atoms with Crippen molar-refractivity contribution in [3.05, 3.63) is 29.8 Å². The van der Waals surface area contributed by atoms with Crippen molar-refractivity contribution in [2.75, 3.05) is 11.9 Å². The van der Waals surface area contributed by atoms with Gasteiger partial charge in [-0.1, -0.05) is 35.2 Å². The average Bonchev–Trinajstić information content (AvgIpc) is 2.94. The molecule has 0 radical (unpaired) electrons. The van der Waals surface area contributed by atoms with Gasteiger partial charge in [0, 0.05) is 6.54 Å². The number of halogens is 3. The van der Waals surface area contributed by atoms with Gasteiger partial charge in [0.2, 0.25) is 11.0 Å². The molecule has 2 aromatic rings. The highest BCUT2D eigenvalue weighted by Crippen LogP contribution is 2.37. The van der Waals surface area contributed by atoms with Crippen LogP contribution in [0.3, 0.4) is 0 Å². The van der Waals surface area contributed by atoms with E-state index < -0.39 is 11.7 Å². The molecule has 1 heterocycles. The number of anilines is 2. The Bertz CT molecular complexity index is 705. The zero-order chi connectivity index (χ0) is 17.7. The zero-order valence-corrected chi connectivity index (χ0v) is 14.5. The Hall–Kier alpha value is -1.81. The van der Waals surface area contributed by atoms with E-state index in [9.17, 15) is 18.0 Å². The van der Waals surface area contributed by atoms with Crippen LogP contribution in [0, 0.1) is 0 Å². The second-order valence-electron chi connectivity index (χ2n) is 4.70. The van der Waals surface area contributed by atoms with Crippen molar-refractivity contribution in [2.45, 2.75) is 29.6 Å². The molecule has 1 atom stereocenters. The summed E-state index contributed by atoms with van der Waals surface area (Å²) >= 11 is 2.30. The normalized spacial score (nSPS) is 12.7. The van der Waals surface area contributed by atoms with Crippen LogP contribution in [0.1, 0.15) is 19.4 Å². The molecular weight excluding hydrogens is 361 g/mol. The molecule has 0 aliphatic rings. The number of carbonyl (C=O) groups is 1. The number of rotatable bonds is 6. The van der Waals surface area contributed by atoms with Crippen LogP contribution in [-0.4, -0.2) is 27.9 Å². The Kier molecular flexibility index (Phi) is 6.05. The molecule has 0 unspecified atom stereocenters. The van der Waals surface area contributed by atoms with E-state index in [2.05, 4.69) is 20.8 Å². The van der Waals surface area contributed by atoms with Gasteiger partial charge in [0.15, 0.2) is 4.34 Å². The Morgan fingerprint density at radius 2 is 2.04 bits per heavy atom. The maximum Gasteiger partial charge on any atom is 0.418 e. The SMILES string of the molecule is CCNC(=O)[C@H](C)Sc1nnc(Nc2ccccc2C(F)(F)F)s1. The van der Waals surface area contributed by atoms with E-state index in [1.165, 1.54) is 30.0 Å². The van der Waals surface area contributed by atoms with Gasteiger partial charge in [-0.3, -0.25) is 4.79 Å². The van der Waals surface area contributed by atoms with Gasteiger partial charge >= 0.3 is 6.18 Å². The summed E-state index contributed by atoms with van der Waals surface area (Å²) in [5.41, 5.74) is -0.862. The van der Waals surface area contributed by atoms with E-state index in [1.54, 1.807) is 6.92 Å². The highest BCUT2D eigenvalue weighted by Gasteiger charge is 2.33. The number of alkyl halides is 3. The number of para-hydroxylation sites is 1. The first kappa shape index (κ1) is 18.5. The standard InChI is InChI=1S/C14H15F3N4OS2/c1-3-18-11(22)8(2)23-13-21-20-12(24-13)19-10-7-5-4-6-9(10)14(15,16)17/h4-8H,3H2,1-2H3,(H,18,22)(H,19,20)/t8-/m0/s1. The first-order valence-corrected chi connectivity index (χ1v) is 8.72. The second-order valence-corrected chi connectivity index (χ2v) is 7.26. The van der Waals surface area contributed by atoms with Crippen LogP contribution >= 0.6 is 23.1 Å². The number of nitrogens with zero attached hydrogens (tertiary/aromatic N) is 2. The fourth-order valence-corrected chi connectivity index (χ4v) is 3.72. The topological polar surface area (TPSA) is 66.9 Å². The lowest BCUT2D eigenvalue weighted by molar-refractivity contribution is -0.137. The molecule has 130 valence electrons. The molecule has 24 heavy (non-hydrogen) atoms. The number of hydrogen-bond acceptors (Lipinski definition) is 6. The molecule has 0 aliphatic carbocycles. The van der Waals surface area contributed by atoms with Crippen LogP contribution in [0.15, 0.2) is 28.6 Å². The van der Waals surface area contributed by atoms with E-state index in [0.29, 0.717) is 10.9 Å². The summed E-state index contributed by atoms with van der Waals surface area (Å²) in [6.07, 6.45) is -4.46. The van der Waals surface area contributed by atoms with Crippen molar-refractivity contribution in [2.24, 2.45) is 0 Å². The molecule has 2 rings (SSSR count). The number of aromatic nitrogens is 2. The summed E-state index contributed by atoms with van der Waals surface area (Å²) < 4.78 is 39.4. The van der Waals surface area contributed by atoms with Crippen molar-refractivity contribution in [3.8, 4) is 0 Å². The summed E-state index contributed by atoms with van der Waals surface area (Å²) in [4.78, 5) is 11.7. The highest BCUT2D eigenvalue weighted by atomic mass is 32.2. The van der Waals surface area contributed by atoms with Crippen LogP contribution in [0.4, 0.5) is 24.0 Å². The van der Waals surface area contributed by atoms with E-state index in [0.717, 1.165) is 17.4 Å². The molecule has 0 bridgehead atoms. The van der Waals surface area contributed by atoms with Crippen molar-refractivity contribution < 1.29 is 18.0 Å². The van der Waals surface area contributed by atoms with Crippen molar-refractivity contribution in [3.63, 3.8) is 0 Å². The van der Waals surface area contributed by atoms with Gasteiger partial charge in [-0.25, -0.2) is 0 Å². The molecule has 0 saturated heterocycles. The fourth-order valence-electron chi connectivity index (χ4n) is 1.79. The van der Waals surface area contributed by atoms with E-state index in [4.69, 9.17) is 0 Å². The molecule has 1 aromatic heterocycles. The summed E-state index contributed by atoms with van der Waals surface area (Å²) in [5.74, 6) is -0.130. The van der Waals surface area contributed by atoms with E-state index in [1.807, 2.05) is 6.92 Å². The smallest absolute Gasteiger partial charge is 0.355 e. The Labute approximate surface area is 145 Å². The first-order valence-electron chi connectivity index (χ1n) is 7.02. The van der Waals surface area contributed by atoms with Gasteiger partial charge in [-0.15, -0.1) is 10.2 Å². The van der Waals surface area contributed by atoms with Crippen LogP contribution < -0.4 is 10.6 Å². The maximum absolute atomic E-state index is 13.0. The lowest BCUT2D eigenvalue weighted by Gasteiger charge is -2.12. The molecule has 1 amide bonds. The summed E-state index contributed by atoms with van der Waals surface area (Å²) in [5, 5.41) is 12.9. The van der Waals surface area contributed by atoms with E-state index in [-0.39, 0.29) is 22.0 Å². The minimum Gasteiger partial charge on any atom is -0.355 e. The van der Waals surface area contributed by atoms with Crippen molar-refractivity contribution >= 4 is 39.8 Å². The first-order chi connectivity index (χ1) is 11.3. The van der Waals surface area contributed by atoms with Gasteiger partial charge in [-0.05, 0) is 26.0 Å². The van der Waals surface area contributed by atoms with E-state index >= 15 is 0 Å². The van der Waals surface area contributed by atoms with Gasteiger partial charge in [0.05, 0.1) is 16.5 Å². The minimum atomic E-state index is -4.46. The lowest BCUT2D eigenvalue weighted by atomic mass is 10.2. The predicted octanol–water partition coefficient (Wildman–Crippen LogP) is 3.92. The fraction of sp³-hybridized carbons (Fsp3) is 0.357. The molecule has 2 N–H and O–H groups in total. The molecule has 1 aromatic carbocycles. The largest absolute Gasteiger partial charge is 0.418 e. The number of nitrogens with one attached hydrogen (secondary N) is 2. The van der Waals surface area contributed by atoms with Crippen LogP contribution in [-0.2, 0) is 11.0 Å². The predicted molar refractivity (Wildman–Crippen MR) is 88.6 cm³/mol. The number of carbonyl (C=O) groups excluding carboxylic acids is 1. The average molecular weight is 376 g/mol. The highest BCUT2D eigenvalue weighted by molar-refractivity contribution is 8.02. The minimum absolute atomic E-state index is 0.0884. The van der Waals surface area contributed by atoms with Gasteiger partial charge in [-0.2, -0.15) is 13.2 Å². The zero-order valence-electron chi connectivity index (χ0n) is 12.8. The van der Waals surface area contributed by atoms with Gasteiger partial charge in [0.25, 0.3) is 0 Å². The second kappa shape index (κ2) is 7.84. The van der Waals surface area contributed by atoms with Crippen LogP contribution in [0.2, 0.25) is 0 Å². The molecule has 0 fully saturated rings. The lowest BCUT2D eigenvalue weighted by Crippen LogP contribution is -2.30. The van der Waals surface area contributed by atoms with Crippen LogP contribution in [0.5, 0.6) is 0 Å². The summed E-state index contributed by atoms with van der Waals surface area (Å²) in [7, 11) is 0. The Morgan fingerprint density at radius 3 is 2.71 bits per heavy atom. The third kappa shape index (κ3) is 4.84. The summed E-state index contributed by atoms with van der Waals surface area (Å²) in [6.45, 7) is 4.07. The number of hydrogen-bond donors (Lipinski definition) is 2. The monoisotopic (exact) mass is 376 g/mol. The number of benzene rings is 1. The van der Waals surface area contributed by atoms with Crippen LogP contribution in [0.25, 0.3) is 0 Å². The molecule has 10 heteroatoms. The molecule has 0 aliphatic heterocycles.